The first-order valence-electron chi connectivity index (χ1n) is 7.69. The molecule has 0 aromatic heterocycles. The smallest absolute Gasteiger partial charge is 0.315 e. The number of carbonyl (C=O) groups excluding carboxylic acids is 1. The number of nitrogens with one attached hydrogen (secondary N) is 2. The number of rotatable bonds is 8. The maximum absolute atomic E-state index is 13.3. The van der Waals surface area contributed by atoms with Gasteiger partial charge in [0.05, 0.1) is 6.10 Å². The highest BCUT2D eigenvalue weighted by molar-refractivity contribution is 7.97. The second kappa shape index (κ2) is 9.13. The third-order valence-electron chi connectivity index (χ3n) is 3.48. The summed E-state index contributed by atoms with van der Waals surface area (Å²) >= 11 is 1.61. The van der Waals surface area contributed by atoms with Crippen LogP contribution < -0.4 is 10.6 Å². The summed E-state index contributed by atoms with van der Waals surface area (Å²) in [5, 5.41) is 15.1. The van der Waals surface area contributed by atoms with Crippen LogP contribution in [0.4, 0.5) is 9.18 Å². The molecule has 0 bridgehead atoms. The summed E-state index contributed by atoms with van der Waals surface area (Å²) < 4.78 is 13.3. The quantitative estimate of drug-likeness (QED) is 0.679. The van der Waals surface area contributed by atoms with Crippen molar-refractivity contribution in [3.8, 4) is 0 Å². The predicted molar refractivity (Wildman–Crippen MR) is 93.9 cm³/mol. The van der Waals surface area contributed by atoms with Gasteiger partial charge < -0.3 is 15.7 Å². The molecule has 4 nitrogen and oxygen atoms in total. The average molecular weight is 342 g/mol. The number of aliphatic hydroxyl groups is 1. The Morgan fingerprint density at radius 2 is 2.04 bits per heavy atom. The van der Waals surface area contributed by atoms with E-state index in [1.165, 1.54) is 12.1 Å². The Morgan fingerprint density at radius 1 is 1.35 bits per heavy atom. The highest BCUT2D eigenvalue weighted by Crippen LogP contribution is 2.21. The molecule has 1 aromatic rings. The first-order valence-corrected chi connectivity index (χ1v) is 9.09. The number of thioether (sulfide) groups is 1. The number of amides is 2. The zero-order chi connectivity index (χ0) is 17.5. The van der Waals surface area contributed by atoms with Gasteiger partial charge in [-0.2, -0.15) is 11.8 Å². The summed E-state index contributed by atoms with van der Waals surface area (Å²) in [7, 11) is 0. The number of urea groups is 1. The second-order valence-corrected chi connectivity index (χ2v) is 7.47. The maximum atomic E-state index is 13.3. The van der Waals surface area contributed by atoms with E-state index in [0.29, 0.717) is 25.3 Å². The minimum Gasteiger partial charge on any atom is -0.393 e. The van der Waals surface area contributed by atoms with Gasteiger partial charge >= 0.3 is 6.03 Å². The Hall–Kier alpha value is -1.27. The molecule has 6 heteroatoms. The summed E-state index contributed by atoms with van der Waals surface area (Å²) in [5.74, 6) is 0.444. The monoisotopic (exact) mass is 342 g/mol. The van der Waals surface area contributed by atoms with Crippen molar-refractivity contribution in [2.24, 2.45) is 5.41 Å². The standard InChI is InChI=1S/C17H27FN2O2S/c1-12(21)8-17(2,3)11-20-16(22)19-9-13-5-6-15(18)7-14(13)10-23-4/h5-7,12,21H,8-11H2,1-4H3,(H2,19,20,22). The van der Waals surface area contributed by atoms with Gasteiger partial charge in [-0.3, -0.25) is 0 Å². The Kier molecular flexibility index (Phi) is 7.85. The number of benzene rings is 1. The lowest BCUT2D eigenvalue weighted by Gasteiger charge is -2.26. The highest BCUT2D eigenvalue weighted by Gasteiger charge is 2.21. The number of hydrogen-bond donors (Lipinski definition) is 3. The molecule has 0 fully saturated rings. The lowest BCUT2D eigenvalue weighted by atomic mass is 9.87. The molecule has 1 rings (SSSR count). The van der Waals surface area contributed by atoms with Crippen molar-refractivity contribution in [2.45, 2.75) is 45.6 Å². The average Bonchev–Trinajstić information content (AvgIpc) is 2.43. The van der Waals surface area contributed by atoms with Crippen LogP contribution in [0.3, 0.4) is 0 Å². The molecule has 130 valence electrons. The molecule has 0 saturated carbocycles. The topological polar surface area (TPSA) is 61.4 Å². The molecule has 23 heavy (non-hydrogen) atoms. The predicted octanol–water partition coefficient (Wildman–Crippen LogP) is 3.29. The largest absolute Gasteiger partial charge is 0.393 e. The van der Waals surface area contributed by atoms with Crippen LogP contribution in [0.1, 0.15) is 38.3 Å². The first kappa shape index (κ1) is 19.8. The lowest BCUT2D eigenvalue weighted by molar-refractivity contribution is 0.129. The Labute approximate surface area is 142 Å². The molecule has 0 aliphatic rings. The van der Waals surface area contributed by atoms with Crippen molar-refractivity contribution in [1.29, 1.82) is 0 Å². The van der Waals surface area contributed by atoms with Crippen molar-refractivity contribution < 1.29 is 14.3 Å². The van der Waals surface area contributed by atoms with Gasteiger partial charge in [0.25, 0.3) is 0 Å². The minimum absolute atomic E-state index is 0.175. The summed E-state index contributed by atoms with van der Waals surface area (Å²) in [6.07, 6.45) is 2.17. The van der Waals surface area contributed by atoms with Gasteiger partial charge in [-0.05, 0) is 48.3 Å². The second-order valence-electron chi connectivity index (χ2n) is 6.60. The van der Waals surface area contributed by atoms with Gasteiger partial charge in [0, 0.05) is 18.8 Å². The van der Waals surface area contributed by atoms with Crippen molar-refractivity contribution in [3.05, 3.63) is 35.1 Å². The molecule has 2 amide bonds. The molecule has 1 atom stereocenters. The van der Waals surface area contributed by atoms with Gasteiger partial charge in [0.2, 0.25) is 0 Å². The summed E-state index contributed by atoms with van der Waals surface area (Å²) in [5.41, 5.74) is 1.64. The Balaban J connectivity index is 2.50. The van der Waals surface area contributed by atoms with Gasteiger partial charge in [-0.1, -0.05) is 19.9 Å². The van der Waals surface area contributed by atoms with Crippen molar-refractivity contribution in [2.75, 3.05) is 12.8 Å². The van der Waals surface area contributed by atoms with Gasteiger partial charge in [0.15, 0.2) is 0 Å². The van der Waals surface area contributed by atoms with Gasteiger partial charge in [-0.15, -0.1) is 0 Å². The normalized spacial score (nSPS) is 12.8. The molecule has 0 spiro atoms. The molecule has 1 unspecified atom stereocenters. The number of aliphatic hydroxyl groups excluding tert-OH is 1. The van der Waals surface area contributed by atoms with Crippen LogP contribution in [-0.4, -0.2) is 30.0 Å². The molecular formula is C17H27FN2O2S. The molecule has 0 heterocycles. The number of halogens is 1. The maximum Gasteiger partial charge on any atom is 0.315 e. The van der Waals surface area contributed by atoms with E-state index >= 15 is 0 Å². The van der Waals surface area contributed by atoms with E-state index in [1.54, 1.807) is 24.8 Å². The minimum atomic E-state index is -0.400. The van der Waals surface area contributed by atoms with Gasteiger partial charge in [0.1, 0.15) is 5.82 Å². The van der Waals surface area contributed by atoms with Crippen molar-refractivity contribution >= 4 is 17.8 Å². The molecule has 0 radical (unpaired) electrons. The van der Waals surface area contributed by atoms with E-state index in [0.717, 1.165) is 11.1 Å². The lowest BCUT2D eigenvalue weighted by Crippen LogP contribution is -2.41. The van der Waals surface area contributed by atoms with Crippen LogP contribution in [0.25, 0.3) is 0 Å². The van der Waals surface area contributed by atoms with E-state index < -0.39 is 6.10 Å². The Bertz CT molecular complexity index is 521. The summed E-state index contributed by atoms with van der Waals surface area (Å²) in [4.78, 5) is 11.9. The van der Waals surface area contributed by atoms with Crippen LogP contribution in [0.5, 0.6) is 0 Å². The molecule has 3 N–H and O–H groups in total. The van der Waals surface area contributed by atoms with Crippen LogP contribution in [0, 0.1) is 11.2 Å². The third kappa shape index (κ3) is 7.70. The van der Waals surface area contributed by atoms with E-state index in [9.17, 15) is 14.3 Å². The van der Waals surface area contributed by atoms with E-state index in [2.05, 4.69) is 10.6 Å². The van der Waals surface area contributed by atoms with E-state index in [1.807, 2.05) is 20.1 Å². The van der Waals surface area contributed by atoms with Crippen molar-refractivity contribution in [1.82, 2.24) is 10.6 Å². The zero-order valence-electron chi connectivity index (χ0n) is 14.3. The fourth-order valence-corrected chi connectivity index (χ4v) is 3.07. The van der Waals surface area contributed by atoms with Crippen LogP contribution in [0.15, 0.2) is 18.2 Å². The van der Waals surface area contributed by atoms with Crippen molar-refractivity contribution in [3.63, 3.8) is 0 Å². The number of carbonyl (C=O) groups is 1. The molecule has 1 aromatic carbocycles. The fourth-order valence-electron chi connectivity index (χ4n) is 2.49. The van der Waals surface area contributed by atoms with Crippen LogP contribution in [0.2, 0.25) is 0 Å². The molecular weight excluding hydrogens is 315 g/mol. The number of hydrogen-bond acceptors (Lipinski definition) is 3. The van der Waals surface area contributed by atoms with Gasteiger partial charge in [-0.25, -0.2) is 9.18 Å². The summed E-state index contributed by atoms with van der Waals surface area (Å²) in [6, 6.07) is 4.36. The molecule has 0 aliphatic carbocycles. The first-order chi connectivity index (χ1) is 10.7. The fraction of sp³-hybridized carbons (Fsp3) is 0.588. The van der Waals surface area contributed by atoms with Crippen LogP contribution in [-0.2, 0) is 12.3 Å². The van der Waals surface area contributed by atoms with Crippen LogP contribution >= 0.6 is 11.8 Å². The Morgan fingerprint density at radius 3 is 2.65 bits per heavy atom. The van der Waals surface area contributed by atoms with E-state index in [-0.39, 0.29) is 17.3 Å². The highest BCUT2D eigenvalue weighted by atomic mass is 32.2. The molecule has 0 aliphatic heterocycles. The summed E-state index contributed by atoms with van der Waals surface area (Å²) in [6.45, 7) is 6.57. The van der Waals surface area contributed by atoms with E-state index in [4.69, 9.17) is 0 Å². The molecule has 0 saturated heterocycles. The zero-order valence-corrected chi connectivity index (χ0v) is 15.1. The third-order valence-corrected chi connectivity index (χ3v) is 4.08. The SMILES string of the molecule is CSCc1cc(F)ccc1CNC(=O)NCC(C)(C)CC(C)O.